The van der Waals surface area contributed by atoms with E-state index in [9.17, 15) is 8.42 Å². The zero-order valence-corrected chi connectivity index (χ0v) is 12.2. The molecule has 1 aromatic carbocycles. The lowest BCUT2D eigenvalue weighted by Crippen LogP contribution is -2.32. The third-order valence-corrected chi connectivity index (χ3v) is 5.46. The van der Waals surface area contributed by atoms with Crippen LogP contribution in [0.4, 0.5) is 0 Å². The molecule has 2 rings (SSSR count). The number of benzene rings is 1. The second-order valence-electron chi connectivity index (χ2n) is 4.65. The molecule has 0 aromatic heterocycles. The smallest absolute Gasteiger partial charge is 0.207 e. The van der Waals surface area contributed by atoms with Crippen LogP contribution in [0, 0.1) is 17.2 Å². The van der Waals surface area contributed by atoms with Gasteiger partial charge in [-0.3, -0.25) is 0 Å². The van der Waals surface area contributed by atoms with Crippen molar-refractivity contribution in [1.82, 2.24) is 4.31 Å². The van der Waals surface area contributed by atoms with Gasteiger partial charge in [0.2, 0.25) is 10.0 Å². The highest BCUT2D eigenvalue weighted by Gasteiger charge is 2.30. The number of sulfonamides is 1. The largest absolute Gasteiger partial charge is 0.243 e. The molecule has 19 heavy (non-hydrogen) atoms. The lowest BCUT2D eigenvalue weighted by Gasteiger charge is -2.20. The first-order valence-electron chi connectivity index (χ1n) is 6.18. The zero-order chi connectivity index (χ0) is 14.0. The fourth-order valence-electron chi connectivity index (χ4n) is 1.88. The van der Waals surface area contributed by atoms with Crippen molar-refractivity contribution < 1.29 is 8.42 Å². The molecule has 4 nitrogen and oxygen atoms in total. The van der Waals surface area contributed by atoms with Crippen LogP contribution in [0.3, 0.4) is 0 Å². The van der Waals surface area contributed by atoms with E-state index in [2.05, 4.69) is 0 Å². The number of hydrogen-bond donors (Lipinski definition) is 0. The maximum Gasteiger partial charge on any atom is 0.243 e. The molecule has 0 heterocycles. The Kier molecular flexibility index (Phi) is 4.14. The fourth-order valence-corrected chi connectivity index (χ4v) is 3.72. The van der Waals surface area contributed by atoms with Gasteiger partial charge in [-0.05, 0) is 37.0 Å². The lowest BCUT2D eigenvalue weighted by molar-refractivity contribution is 0.412. The maximum absolute atomic E-state index is 12.5. The molecule has 6 heteroatoms. The number of nitriles is 1. The topological polar surface area (TPSA) is 61.2 Å². The standard InChI is InChI=1S/C13H15ClN2O2S/c1-2-16(9-10-3-4-10)19(17,18)12-6-5-11(8-15)13(14)7-12/h5-7,10H,2-4,9H2,1H3. The Labute approximate surface area is 118 Å². The van der Waals surface area contributed by atoms with Crippen molar-refractivity contribution >= 4 is 21.6 Å². The molecule has 1 aliphatic rings. The van der Waals surface area contributed by atoms with E-state index in [4.69, 9.17) is 16.9 Å². The Morgan fingerprint density at radius 1 is 1.47 bits per heavy atom. The van der Waals surface area contributed by atoms with E-state index in [0.29, 0.717) is 19.0 Å². The van der Waals surface area contributed by atoms with Gasteiger partial charge in [0.05, 0.1) is 15.5 Å². The van der Waals surface area contributed by atoms with Crippen molar-refractivity contribution in [3.8, 4) is 6.07 Å². The minimum atomic E-state index is -3.51. The average molecular weight is 299 g/mol. The van der Waals surface area contributed by atoms with Crippen LogP contribution in [0.15, 0.2) is 23.1 Å². The fraction of sp³-hybridized carbons (Fsp3) is 0.462. The molecule has 1 saturated carbocycles. The predicted molar refractivity (Wildman–Crippen MR) is 73.3 cm³/mol. The van der Waals surface area contributed by atoms with E-state index in [1.165, 1.54) is 22.5 Å². The van der Waals surface area contributed by atoms with Crippen LogP contribution < -0.4 is 0 Å². The van der Waals surface area contributed by atoms with Crippen LogP contribution in [-0.4, -0.2) is 25.8 Å². The molecule has 0 saturated heterocycles. The Morgan fingerprint density at radius 3 is 2.63 bits per heavy atom. The molecule has 0 spiro atoms. The average Bonchev–Trinajstić information content (AvgIpc) is 3.19. The van der Waals surface area contributed by atoms with Crippen LogP contribution >= 0.6 is 11.6 Å². The van der Waals surface area contributed by atoms with E-state index in [1.54, 1.807) is 0 Å². The van der Waals surface area contributed by atoms with Crippen molar-refractivity contribution in [2.24, 2.45) is 5.92 Å². The molecule has 0 amide bonds. The summed E-state index contributed by atoms with van der Waals surface area (Å²) in [5.74, 6) is 0.489. The molecule has 0 unspecified atom stereocenters. The summed E-state index contributed by atoms with van der Waals surface area (Å²) in [4.78, 5) is 0.152. The normalized spacial score (nSPS) is 15.5. The van der Waals surface area contributed by atoms with Gasteiger partial charge in [0.1, 0.15) is 6.07 Å². The Bertz CT molecular complexity index is 618. The molecular formula is C13H15ClN2O2S. The molecule has 0 bridgehead atoms. The SMILES string of the molecule is CCN(CC1CC1)S(=O)(=O)c1ccc(C#N)c(Cl)c1. The minimum Gasteiger partial charge on any atom is -0.207 e. The number of halogens is 1. The van der Waals surface area contributed by atoms with Gasteiger partial charge in [-0.2, -0.15) is 9.57 Å². The second-order valence-corrected chi connectivity index (χ2v) is 7.00. The van der Waals surface area contributed by atoms with Gasteiger partial charge in [-0.1, -0.05) is 18.5 Å². The molecular weight excluding hydrogens is 284 g/mol. The van der Waals surface area contributed by atoms with Crippen molar-refractivity contribution in [3.05, 3.63) is 28.8 Å². The van der Waals surface area contributed by atoms with E-state index in [1.807, 2.05) is 13.0 Å². The minimum absolute atomic E-state index is 0.152. The van der Waals surface area contributed by atoms with Crippen LogP contribution in [0.25, 0.3) is 0 Å². The van der Waals surface area contributed by atoms with Crippen molar-refractivity contribution in [1.29, 1.82) is 5.26 Å². The van der Waals surface area contributed by atoms with E-state index < -0.39 is 10.0 Å². The highest BCUT2D eigenvalue weighted by Crippen LogP contribution is 2.32. The monoisotopic (exact) mass is 298 g/mol. The first-order chi connectivity index (χ1) is 8.98. The predicted octanol–water partition coefficient (Wildman–Crippen LogP) is 2.63. The van der Waals surface area contributed by atoms with E-state index in [0.717, 1.165) is 12.8 Å². The second kappa shape index (κ2) is 5.49. The highest BCUT2D eigenvalue weighted by molar-refractivity contribution is 7.89. The van der Waals surface area contributed by atoms with E-state index >= 15 is 0 Å². The van der Waals surface area contributed by atoms with Crippen LogP contribution in [0.5, 0.6) is 0 Å². The molecule has 1 aromatic rings. The quantitative estimate of drug-likeness (QED) is 0.839. The lowest BCUT2D eigenvalue weighted by atomic mass is 10.2. The third kappa shape index (κ3) is 3.08. The summed E-state index contributed by atoms with van der Waals surface area (Å²) in [6.07, 6.45) is 2.19. The zero-order valence-electron chi connectivity index (χ0n) is 10.6. The van der Waals surface area contributed by atoms with Crippen molar-refractivity contribution in [2.75, 3.05) is 13.1 Å². The summed E-state index contributed by atoms with van der Waals surface area (Å²) < 4.78 is 26.4. The van der Waals surface area contributed by atoms with Crippen LogP contribution in [-0.2, 0) is 10.0 Å². The van der Waals surface area contributed by atoms with Gasteiger partial charge in [-0.15, -0.1) is 0 Å². The summed E-state index contributed by atoms with van der Waals surface area (Å²) in [6, 6.07) is 6.16. The van der Waals surface area contributed by atoms with Gasteiger partial charge in [0.25, 0.3) is 0 Å². The van der Waals surface area contributed by atoms with Gasteiger partial charge < -0.3 is 0 Å². The molecule has 102 valence electrons. The Morgan fingerprint density at radius 2 is 2.16 bits per heavy atom. The van der Waals surface area contributed by atoms with Crippen LogP contribution in [0.2, 0.25) is 5.02 Å². The summed E-state index contributed by atoms with van der Waals surface area (Å²) >= 11 is 5.90. The molecule has 0 atom stereocenters. The number of nitrogens with zero attached hydrogens (tertiary/aromatic N) is 2. The third-order valence-electron chi connectivity index (χ3n) is 3.21. The Balaban J connectivity index is 2.32. The summed E-state index contributed by atoms with van der Waals surface area (Å²) in [5.41, 5.74) is 0.283. The molecule has 0 N–H and O–H groups in total. The first-order valence-corrected chi connectivity index (χ1v) is 8.00. The van der Waals surface area contributed by atoms with Gasteiger partial charge >= 0.3 is 0 Å². The molecule has 0 aliphatic heterocycles. The van der Waals surface area contributed by atoms with Gasteiger partial charge in [0, 0.05) is 13.1 Å². The summed E-state index contributed by atoms with van der Waals surface area (Å²) in [7, 11) is -3.51. The number of rotatable bonds is 5. The maximum atomic E-state index is 12.5. The van der Waals surface area contributed by atoms with Crippen LogP contribution in [0.1, 0.15) is 25.3 Å². The first kappa shape index (κ1) is 14.3. The van der Waals surface area contributed by atoms with Crippen molar-refractivity contribution in [2.45, 2.75) is 24.7 Å². The molecule has 0 radical (unpaired) electrons. The highest BCUT2D eigenvalue weighted by atomic mass is 35.5. The summed E-state index contributed by atoms with van der Waals surface area (Å²) in [6.45, 7) is 2.83. The molecule has 1 aliphatic carbocycles. The van der Waals surface area contributed by atoms with Gasteiger partial charge in [0.15, 0.2) is 0 Å². The van der Waals surface area contributed by atoms with Gasteiger partial charge in [-0.25, -0.2) is 8.42 Å². The van der Waals surface area contributed by atoms with E-state index in [-0.39, 0.29) is 15.5 Å². The molecule has 1 fully saturated rings. The Hall–Kier alpha value is -1.09. The summed E-state index contributed by atoms with van der Waals surface area (Å²) in [5, 5.41) is 8.97. The number of hydrogen-bond acceptors (Lipinski definition) is 3. The van der Waals surface area contributed by atoms with Crippen molar-refractivity contribution in [3.63, 3.8) is 0 Å².